The molecule has 1 heterocycles. The topological polar surface area (TPSA) is 61.8 Å². The van der Waals surface area contributed by atoms with E-state index in [4.69, 9.17) is 14.2 Å². The van der Waals surface area contributed by atoms with Crippen LogP contribution in [0.1, 0.15) is 33.6 Å². The molecular formula is C12H20O5. The summed E-state index contributed by atoms with van der Waals surface area (Å²) in [6.45, 7) is 6.91. The van der Waals surface area contributed by atoms with Crippen LogP contribution in [-0.2, 0) is 23.8 Å². The molecule has 1 aliphatic rings. The number of ketones is 1. The van der Waals surface area contributed by atoms with E-state index in [1.807, 2.05) is 13.8 Å². The van der Waals surface area contributed by atoms with Gasteiger partial charge in [-0.25, -0.2) is 0 Å². The van der Waals surface area contributed by atoms with E-state index in [9.17, 15) is 9.59 Å². The molecule has 98 valence electrons. The Morgan fingerprint density at radius 2 is 1.88 bits per heavy atom. The van der Waals surface area contributed by atoms with Gasteiger partial charge in [0, 0.05) is 11.8 Å². The Morgan fingerprint density at radius 3 is 2.41 bits per heavy atom. The molecule has 0 aromatic heterocycles. The fourth-order valence-corrected chi connectivity index (χ4v) is 1.84. The molecule has 1 fully saturated rings. The van der Waals surface area contributed by atoms with Crippen LogP contribution in [-0.4, -0.2) is 37.9 Å². The minimum absolute atomic E-state index is 0.146. The van der Waals surface area contributed by atoms with E-state index >= 15 is 0 Å². The second-order valence-corrected chi connectivity index (χ2v) is 4.76. The highest BCUT2D eigenvalue weighted by Crippen LogP contribution is 2.31. The number of ether oxygens (including phenoxy) is 3. The minimum atomic E-state index is -0.471. The van der Waals surface area contributed by atoms with E-state index in [0.29, 0.717) is 19.8 Å². The first kappa shape index (κ1) is 14.1. The lowest BCUT2D eigenvalue weighted by Crippen LogP contribution is -2.33. The van der Waals surface area contributed by atoms with Crippen LogP contribution in [0.4, 0.5) is 0 Å². The van der Waals surface area contributed by atoms with Crippen molar-refractivity contribution in [3.63, 3.8) is 0 Å². The molecule has 1 saturated heterocycles. The number of carbonyl (C=O) groups excluding carboxylic acids is 2. The lowest BCUT2D eigenvalue weighted by molar-refractivity contribution is -0.149. The van der Waals surface area contributed by atoms with Gasteiger partial charge < -0.3 is 14.2 Å². The number of hydrogen-bond acceptors (Lipinski definition) is 5. The van der Waals surface area contributed by atoms with Gasteiger partial charge >= 0.3 is 5.97 Å². The van der Waals surface area contributed by atoms with Crippen molar-refractivity contribution in [1.82, 2.24) is 0 Å². The number of carbonyl (C=O) groups is 2. The van der Waals surface area contributed by atoms with E-state index in [0.717, 1.165) is 0 Å². The van der Waals surface area contributed by atoms with Crippen LogP contribution in [0.5, 0.6) is 0 Å². The lowest BCUT2D eigenvalue weighted by Gasteiger charge is -2.28. The molecule has 0 amide bonds. The summed E-state index contributed by atoms with van der Waals surface area (Å²) in [6, 6.07) is 0. The van der Waals surface area contributed by atoms with Crippen LogP contribution in [0.2, 0.25) is 0 Å². The fraction of sp³-hybridized carbons (Fsp3) is 0.833. The van der Waals surface area contributed by atoms with Crippen molar-refractivity contribution in [3.8, 4) is 0 Å². The molecule has 0 aromatic rings. The molecular weight excluding hydrogens is 224 g/mol. The number of rotatable bonds is 6. The van der Waals surface area contributed by atoms with E-state index in [1.165, 1.54) is 0 Å². The zero-order valence-electron chi connectivity index (χ0n) is 10.7. The van der Waals surface area contributed by atoms with E-state index in [1.54, 1.807) is 6.92 Å². The average molecular weight is 244 g/mol. The van der Waals surface area contributed by atoms with Crippen molar-refractivity contribution in [2.45, 2.75) is 39.9 Å². The lowest BCUT2D eigenvalue weighted by atomic mass is 9.86. The van der Waals surface area contributed by atoms with Crippen molar-refractivity contribution < 1.29 is 23.8 Å². The zero-order chi connectivity index (χ0) is 12.9. The number of Topliss-reactive ketones (excluding diaryl/α,β-unsaturated/α-hetero) is 1. The fourth-order valence-electron chi connectivity index (χ4n) is 1.84. The van der Waals surface area contributed by atoms with E-state index in [-0.39, 0.29) is 24.9 Å². The molecule has 5 nitrogen and oxygen atoms in total. The van der Waals surface area contributed by atoms with Crippen LogP contribution in [0, 0.1) is 5.41 Å². The van der Waals surface area contributed by atoms with Crippen molar-refractivity contribution >= 4 is 11.8 Å². The Morgan fingerprint density at radius 1 is 1.29 bits per heavy atom. The first-order valence-electron chi connectivity index (χ1n) is 5.86. The molecule has 0 saturated carbocycles. The van der Waals surface area contributed by atoms with Gasteiger partial charge in [0.25, 0.3) is 0 Å². The summed E-state index contributed by atoms with van der Waals surface area (Å²) in [6.07, 6.45) is -0.297. The van der Waals surface area contributed by atoms with Crippen LogP contribution in [0.25, 0.3) is 0 Å². The Kier molecular flexibility index (Phi) is 5.08. The van der Waals surface area contributed by atoms with Crippen LogP contribution < -0.4 is 0 Å². The van der Waals surface area contributed by atoms with Gasteiger partial charge in [-0.2, -0.15) is 0 Å². The van der Waals surface area contributed by atoms with Gasteiger partial charge in [-0.05, 0) is 6.92 Å². The molecule has 17 heavy (non-hydrogen) atoms. The van der Waals surface area contributed by atoms with Crippen LogP contribution in [0.15, 0.2) is 0 Å². The minimum Gasteiger partial charge on any atom is -0.466 e. The quantitative estimate of drug-likeness (QED) is 0.520. The Labute approximate surface area is 101 Å². The molecule has 0 atom stereocenters. The molecule has 0 spiro atoms. The van der Waals surface area contributed by atoms with Crippen molar-refractivity contribution in [2.75, 3.05) is 19.8 Å². The smallest absolute Gasteiger partial charge is 0.313 e. The maximum absolute atomic E-state index is 11.7. The molecule has 0 radical (unpaired) electrons. The Hall–Kier alpha value is -0.940. The summed E-state index contributed by atoms with van der Waals surface area (Å²) in [5.41, 5.74) is -0.417. The molecule has 0 bridgehead atoms. The van der Waals surface area contributed by atoms with Crippen LogP contribution in [0.3, 0.4) is 0 Å². The summed E-state index contributed by atoms with van der Waals surface area (Å²) in [4.78, 5) is 22.8. The van der Waals surface area contributed by atoms with Gasteiger partial charge in [0.2, 0.25) is 0 Å². The number of hydrogen-bond donors (Lipinski definition) is 0. The largest absolute Gasteiger partial charge is 0.466 e. The van der Waals surface area contributed by atoms with Gasteiger partial charge in [-0.3, -0.25) is 9.59 Å². The standard InChI is InChI=1S/C12H20O5/c1-4-15-10(14)7-9(13)8-12(2,3)11-16-5-6-17-11/h11H,4-8H2,1-3H3. The van der Waals surface area contributed by atoms with Gasteiger partial charge in [0.15, 0.2) is 6.29 Å². The van der Waals surface area contributed by atoms with Crippen LogP contribution >= 0.6 is 0 Å². The summed E-state index contributed by atoms with van der Waals surface area (Å²) in [7, 11) is 0. The Bertz CT molecular complexity index is 279. The molecule has 1 aliphatic heterocycles. The van der Waals surface area contributed by atoms with Crippen molar-refractivity contribution in [1.29, 1.82) is 0 Å². The first-order valence-corrected chi connectivity index (χ1v) is 5.86. The van der Waals surface area contributed by atoms with E-state index < -0.39 is 11.4 Å². The summed E-state index contributed by atoms with van der Waals surface area (Å²) in [5.74, 6) is -0.617. The molecule has 0 N–H and O–H groups in total. The normalized spacial score (nSPS) is 17.1. The van der Waals surface area contributed by atoms with Crippen molar-refractivity contribution in [2.24, 2.45) is 5.41 Å². The zero-order valence-corrected chi connectivity index (χ0v) is 10.7. The van der Waals surface area contributed by atoms with Gasteiger partial charge in [0.05, 0.1) is 19.8 Å². The maximum Gasteiger partial charge on any atom is 0.313 e. The molecule has 0 unspecified atom stereocenters. The second-order valence-electron chi connectivity index (χ2n) is 4.76. The molecule has 0 aliphatic carbocycles. The summed E-state index contributed by atoms with van der Waals surface area (Å²) >= 11 is 0. The maximum atomic E-state index is 11.7. The SMILES string of the molecule is CCOC(=O)CC(=O)CC(C)(C)C1OCCO1. The highest BCUT2D eigenvalue weighted by atomic mass is 16.7. The monoisotopic (exact) mass is 244 g/mol. The Balaban J connectivity index is 2.40. The predicted octanol–water partition coefficient (Wildman–Crippen LogP) is 1.30. The van der Waals surface area contributed by atoms with Crippen molar-refractivity contribution in [3.05, 3.63) is 0 Å². The molecule has 5 heteroatoms. The summed E-state index contributed by atoms with van der Waals surface area (Å²) < 4.78 is 15.5. The third-order valence-electron chi connectivity index (χ3n) is 2.56. The highest BCUT2D eigenvalue weighted by molar-refractivity contribution is 5.95. The highest BCUT2D eigenvalue weighted by Gasteiger charge is 2.36. The number of esters is 1. The third-order valence-corrected chi connectivity index (χ3v) is 2.56. The van der Waals surface area contributed by atoms with Gasteiger partial charge in [-0.15, -0.1) is 0 Å². The predicted molar refractivity (Wildman–Crippen MR) is 60.3 cm³/mol. The molecule has 0 aromatic carbocycles. The van der Waals surface area contributed by atoms with E-state index in [2.05, 4.69) is 0 Å². The van der Waals surface area contributed by atoms with Gasteiger partial charge in [-0.1, -0.05) is 13.8 Å². The van der Waals surface area contributed by atoms with Gasteiger partial charge in [0.1, 0.15) is 12.2 Å². The second kappa shape index (κ2) is 6.12. The summed E-state index contributed by atoms with van der Waals surface area (Å²) in [5, 5.41) is 0. The third kappa shape index (κ3) is 4.44. The average Bonchev–Trinajstić information content (AvgIpc) is 2.69. The first-order chi connectivity index (χ1) is 7.95. The molecule has 1 rings (SSSR count).